The van der Waals surface area contributed by atoms with Gasteiger partial charge in [-0.15, -0.1) is 0 Å². The van der Waals surface area contributed by atoms with E-state index in [0.29, 0.717) is 12.0 Å². The van der Waals surface area contributed by atoms with Crippen LogP contribution in [0.2, 0.25) is 0 Å². The quantitative estimate of drug-likeness (QED) is 0.828. The molecule has 0 amide bonds. The predicted molar refractivity (Wildman–Crippen MR) is 78.4 cm³/mol. The van der Waals surface area contributed by atoms with E-state index >= 15 is 0 Å². The van der Waals surface area contributed by atoms with E-state index in [2.05, 4.69) is 17.2 Å². The van der Waals surface area contributed by atoms with Crippen molar-refractivity contribution in [3.8, 4) is 5.75 Å². The van der Waals surface area contributed by atoms with Gasteiger partial charge in [-0.05, 0) is 43.9 Å². The zero-order chi connectivity index (χ0) is 13.5. The Labute approximate surface area is 115 Å². The molecule has 2 unspecified atom stereocenters. The Morgan fingerprint density at radius 3 is 3.05 bits per heavy atom. The maximum absolute atomic E-state index is 5.87. The van der Waals surface area contributed by atoms with E-state index in [1.807, 2.05) is 12.1 Å². The van der Waals surface area contributed by atoms with Crippen LogP contribution in [0.3, 0.4) is 0 Å². The van der Waals surface area contributed by atoms with E-state index in [0.717, 1.165) is 31.1 Å². The third kappa shape index (κ3) is 3.83. The summed E-state index contributed by atoms with van der Waals surface area (Å²) < 4.78 is 5.74. The Bertz CT molecular complexity index is 383. The molecule has 0 aliphatic heterocycles. The van der Waals surface area contributed by atoms with Crippen molar-refractivity contribution in [2.45, 2.75) is 45.1 Å². The minimum Gasteiger partial charge on any atom is -0.490 e. The van der Waals surface area contributed by atoms with Crippen LogP contribution in [0.4, 0.5) is 5.82 Å². The van der Waals surface area contributed by atoms with Crippen molar-refractivity contribution in [1.82, 2.24) is 4.98 Å². The second kappa shape index (κ2) is 7.34. The monoisotopic (exact) mass is 263 g/mol. The summed E-state index contributed by atoms with van der Waals surface area (Å²) in [5, 5.41) is 3.54. The lowest BCUT2D eigenvalue weighted by Crippen LogP contribution is -2.37. The van der Waals surface area contributed by atoms with Gasteiger partial charge in [-0.1, -0.05) is 19.8 Å². The van der Waals surface area contributed by atoms with E-state index in [4.69, 9.17) is 10.5 Å². The maximum atomic E-state index is 5.87. The van der Waals surface area contributed by atoms with Crippen LogP contribution in [0.5, 0.6) is 5.75 Å². The number of pyridine rings is 1. The van der Waals surface area contributed by atoms with Gasteiger partial charge in [-0.3, -0.25) is 0 Å². The first kappa shape index (κ1) is 14.1. The van der Waals surface area contributed by atoms with Gasteiger partial charge in [0.1, 0.15) is 0 Å². The Hall–Kier alpha value is -1.29. The highest BCUT2D eigenvalue weighted by molar-refractivity contribution is 5.50. The molecule has 0 aromatic carbocycles. The summed E-state index contributed by atoms with van der Waals surface area (Å²) in [7, 11) is 0. The molecule has 1 heterocycles. The van der Waals surface area contributed by atoms with Crippen molar-refractivity contribution in [1.29, 1.82) is 0 Å². The van der Waals surface area contributed by atoms with Crippen LogP contribution in [-0.4, -0.2) is 24.2 Å². The summed E-state index contributed by atoms with van der Waals surface area (Å²) in [5.41, 5.74) is 5.87. The van der Waals surface area contributed by atoms with Crippen LogP contribution in [-0.2, 0) is 0 Å². The number of rotatable bonds is 6. The summed E-state index contributed by atoms with van der Waals surface area (Å²) >= 11 is 0. The van der Waals surface area contributed by atoms with Crippen LogP contribution >= 0.6 is 0 Å². The molecule has 1 saturated carbocycles. The average molecular weight is 263 g/mol. The highest BCUT2D eigenvalue weighted by atomic mass is 16.5. The molecule has 19 heavy (non-hydrogen) atoms. The molecule has 0 spiro atoms. The van der Waals surface area contributed by atoms with Gasteiger partial charge in [0, 0.05) is 12.2 Å². The molecule has 1 aromatic rings. The van der Waals surface area contributed by atoms with E-state index in [1.165, 1.54) is 25.7 Å². The van der Waals surface area contributed by atoms with Gasteiger partial charge in [0.25, 0.3) is 0 Å². The number of hydrogen-bond acceptors (Lipinski definition) is 4. The van der Waals surface area contributed by atoms with Crippen molar-refractivity contribution in [3.05, 3.63) is 18.3 Å². The molecule has 2 rings (SSSR count). The number of anilines is 1. The summed E-state index contributed by atoms with van der Waals surface area (Å²) in [6.07, 6.45) is 7.76. The van der Waals surface area contributed by atoms with Gasteiger partial charge in [0.05, 0.1) is 6.61 Å². The van der Waals surface area contributed by atoms with Gasteiger partial charge in [-0.25, -0.2) is 4.98 Å². The van der Waals surface area contributed by atoms with Gasteiger partial charge < -0.3 is 15.8 Å². The molecule has 0 saturated heterocycles. The zero-order valence-corrected chi connectivity index (χ0v) is 11.8. The molecule has 4 heteroatoms. The van der Waals surface area contributed by atoms with E-state index in [1.54, 1.807) is 6.20 Å². The summed E-state index contributed by atoms with van der Waals surface area (Å²) in [6.45, 7) is 3.58. The maximum Gasteiger partial charge on any atom is 0.168 e. The van der Waals surface area contributed by atoms with E-state index < -0.39 is 0 Å². The van der Waals surface area contributed by atoms with E-state index in [9.17, 15) is 0 Å². The standard InChI is InChI=1S/C15H25N3O/c1-2-10-19-14-8-5-9-17-15(14)18-13-7-4-3-6-12(13)11-16/h5,8-9,12-13H,2-4,6-7,10-11,16H2,1H3,(H,17,18). The number of nitrogens with one attached hydrogen (secondary N) is 1. The van der Waals surface area contributed by atoms with Crippen molar-refractivity contribution in [2.24, 2.45) is 11.7 Å². The van der Waals surface area contributed by atoms with E-state index in [-0.39, 0.29) is 0 Å². The van der Waals surface area contributed by atoms with Gasteiger partial charge >= 0.3 is 0 Å². The van der Waals surface area contributed by atoms with Gasteiger partial charge in [-0.2, -0.15) is 0 Å². The fourth-order valence-corrected chi connectivity index (χ4v) is 2.68. The lowest BCUT2D eigenvalue weighted by molar-refractivity contribution is 0.311. The predicted octanol–water partition coefficient (Wildman–Crippen LogP) is 2.80. The van der Waals surface area contributed by atoms with Crippen molar-refractivity contribution in [2.75, 3.05) is 18.5 Å². The van der Waals surface area contributed by atoms with Crippen LogP contribution in [0.25, 0.3) is 0 Å². The average Bonchev–Trinajstić information content (AvgIpc) is 2.47. The minimum absolute atomic E-state index is 0.428. The number of ether oxygens (including phenoxy) is 1. The van der Waals surface area contributed by atoms with Gasteiger partial charge in [0.15, 0.2) is 11.6 Å². The molecule has 2 atom stereocenters. The topological polar surface area (TPSA) is 60.2 Å². The van der Waals surface area contributed by atoms with Crippen molar-refractivity contribution < 1.29 is 4.74 Å². The second-order valence-corrected chi connectivity index (χ2v) is 5.23. The van der Waals surface area contributed by atoms with Crippen LogP contribution in [0.15, 0.2) is 18.3 Å². The highest BCUT2D eigenvalue weighted by Crippen LogP contribution is 2.29. The van der Waals surface area contributed by atoms with Gasteiger partial charge in [0.2, 0.25) is 0 Å². The molecule has 1 aliphatic carbocycles. The molecular weight excluding hydrogens is 238 g/mol. The molecule has 0 radical (unpaired) electrons. The number of nitrogens with zero attached hydrogens (tertiary/aromatic N) is 1. The smallest absolute Gasteiger partial charge is 0.168 e. The Balaban J connectivity index is 2.04. The molecule has 1 fully saturated rings. The molecular formula is C15H25N3O. The molecule has 1 aromatic heterocycles. The first-order valence-corrected chi connectivity index (χ1v) is 7.39. The summed E-state index contributed by atoms with van der Waals surface area (Å²) in [5.74, 6) is 2.27. The first-order chi connectivity index (χ1) is 9.35. The third-order valence-electron chi connectivity index (χ3n) is 3.77. The minimum atomic E-state index is 0.428. The molecule has 4 nitrogen and oxygen atoms in total. The molecule has 106 valence electrons. The second-order valence-electron chi connectivity index (χ2n) is 5.23. The lowest BCUT2D eigenvalue weighted by Gasteiger charge is -2.32. The third-order valence-corrected chi connectivity index (χ3v) is 3.77. The first-order valence-electron chi connectivity index (χ1n) is 7.39. The Kier molecular flexibility index (Phi) is 5.45. The largest absolute Gasteiger partial charge is 0.490 e. The normalized spacial score (nSPS) is 23.1. The Morgan fingerprint density at radius 2 is 2.26 bits per heavy atom. The zero-order valence-electron chi connectivity index (χ0n) is 11.8. The fourth-order valence-electron chi connectivity index (χ4n) is 2.68. The van der Waals surface area contributed by atoms with Crippen molar-refractivity contribution >= 4 is 5.82 Å². The van der Waals surface area contributed by atoms with Crippen molar-refractivity contribution in [3.63, 3.8) is 0 Å². The number of nitrogens with two attached hydrogens (primary N) is 1. The summed E-state index contributed by atoms with van der Waals surface area (Å²) in [4.78, 5) is 4.42. The van der Waals surface area contributed by atoms with Crippen LogP contribution in [0, 0.1) is 5.92 Å². The number of aromatic nitrogens is 1. The lowest BCUT2D eigenvalue weighted by atomic mass is 9.84. The molecule has 1 aliphatic rings. The highest BCUT2D eigenvalue weighted by Gasteiger charge is 2.24. The fraction of sp³-hybridized carbons (Fsp3) is 0.667. The van der Waals surface area contributed by atoms with Crippen LogP contribution in [0.1, 0.15) is 39.0 Å². The summed E-state index contributed by atoms with van der Waals surface area (Å²) in [6, 6.07) is 4.32. The van der Waals surface area contributed by atoms with Crippen LogP contribution < -0.4 is 15.8 Å². The SMILES string of the molecule is CCCOc1cccnc1NC1CCCCC1CN. The molecule has 0 bridgehead atoms. The number of hydrogen-bond donors (Lipinski definition) is 2. The Morgan fingerprint density at radius 1 is 1.42 bits per heavy atom. The molecule has 3 N–H and O–H groups in total.